The molecule has 0 heterocycles. The molecule has 1 N–H and O–H groups in total. The summed E-state index contributed by atoms with van der Waals surface area (Å²) in [6.07, 6.45) is 0. The SMILES string of the molecule is COCc1cccc(C(=O)NCC(c2ccccc2OC)N(C)C)c1. The molecule has 1 unspecified atom stereocenters. The van der Waals surface area contributed by atoms with Crippen molar-refractivity contribution in [1.82, 2.24) is 10.2 Å². The van der Waals surface area contributed by atoms with Crippen molar-refractivity contribution < 1.29 is 14.3 Å². The molecule has 0 aliphatic rings. The van der Waals surface area contributed by atoms with Crippen LogP contribution in [0.3, 0.4) is 0 Å². The first-order valence-corrected chi connectivity index (χ1v) is 8.22. The lowest BCUT2D eigenvalue weighted by molar-refractivity contribution is 0.0941. The average Bonchev–Trinajstić information content (AvgIpc) is 2.62. The summed E-state index contributed by atoms with van der Waals surface area (Å²) in [5.74, 6) is 0.720. The van der Waals surface area contributed by atoms with E-state index in [0.717, 1.165) is 16.9 Å². The van der Waals surface area contributed by atoms with Crippen molar-refractivity contribution in [3.63, 3.8) is 0 Å². The zero-order valence-electron chi connectivity index (χ0n) is 15.3. The van der Waals surface area contributed by atoms with Gasteiger partial charge in [-0.3, -0.25) is 4.79 Å². The number of likely N-dealkylation sites (N-methyl/N-ethyl adjacent to an activating group) is 1. The lowest BCUT2D eigenvalue weighted by Crippen LogP contribution is -2.34. The normalized spacial score (nSPS) is 12.0. The Morgan fingerprint density at radius 3 is 2.56 bits per heavy atom. The van der Waals surface area contributed by atoms with E-state index in [-0.39, 0.29) is 11.9 Å². The summed E-state index contributed by atoms with van der Waals surface area (Å²) in [7, 11) is 7.28. The Bertz CT molecular complexity index is 701. The van der Waals surface area contributed by atoms with Crippen LogP contribution in [0.15, 0.2) is 48.5 Å². The number of carbonyl (C=O) groups excluding carboxylic acids is 1. The molecule has 5 heteroatoms. The van der Waals surface area contributed by atoms with Crippen LogP contribution in [0, 0.1) is 0 Å². The summed E-state index contributed by atoms with van der Waals surface area (Å²) in [6, 6.07) is 15.4. The average molecular weight is 342 g/mol. The van der Waals surface area contributed by atoms with E-state index in [1.54, 1.807) is 14.2 Å². The number of amides is 1. The van der Waals surface area contributed by atoms with Crippen LogP contribution in [0.1, 0.15) is 27.5 Å². The van der Waals surface area contributed by atoms with Crippen LogP contribution in [0.25, 0.3) is 0 Å². The van der Waals surface area contributed by atoms with Crippen molar-refractivity contribution in [1.29, 1.82) is 0 Å². The standard InChI is InChI=1S/C20H26N2O3/c1-22(2)18(17-10-5-6-11-19(17)25-4)13-21-20(23)16-9-7-8-15(12-16)14-24-3/h5-12,18H,13-14H2,1-4H3,(H,21,23). The molecule has 1 amide bonds. The quantitative estimate of drug-likeness (QED) is 0.801. The van der Waals surface area contributed by atoms with Crippen molar-refractivity contribution >= 4 is 5.91 Å². The highest BCUT2D eigenvalue weighted by molar-refractivity contribution is 5.94. The van der Waals surface area contributed by atoms with Crippen molar-refractivity contribution in [3.8, 4) is 5.75 Å². The van der Waals surface area contributed by atoms with Crippen molar-refractivity contribution in [2.45, 2.75) is 12.6 Å². The minimum atomic E-state index is -0.0975. The van der Waals surface area contributed by atoms with E-state index in [1.807, 2.05) is 62.6 Å². The van der Waals surface area contributed by atoms with E-state index in [0.29, 0.717) is 18.7 Å². The molecule has 1 atom stereocenters. The van der Waals surface area contributed by atoms with Gasteiger partial charge in [0, 0.05) is 24.8 Å². The van der Waals surface area contributed by atoms with Crippen LogP contribution in [0.2, 0.25) is 0 Å². The highest BCUT2D eigenvalue weighted by Gasteiger charge is 2.19. The van der Waals surface area contributed by atoms with E-state index in [4.69, 9.17) is 9.47 Å². The predicted molar refractivity (Wildman–Crippen MR) is 98.9 cm³/mol. The highest BCUT2D eigenvalue weighted by atomic mass is 16.5. The number of methoxy groups -OCH3 is 2. The third-order valence-corrected chi connectivity index (χ3v) is 4.08. The number of nitrogens with zero attached hydrogens (tertiary/aromatic N) is 1. The third kappa shape index (κ3) is 5.05. The van der Waals surface area contributed by atoms with Crippen LogP contribution < -0.4 is 10.1 Å². The zero-order chi connectivity index (χ0) is 18.2. The molecule has 0 saturated carbocycles. The molecule has 0 aliphatic heterocycles. The maximum Gasteiger partial charge on any atom is 0.251 e. The molecule has 2 aromatic carbocycles. The van der Waals surface area contributed by atoms with Gasteiger partial charge in [-0.05, 0) is 37.9 Å². The third-order valence-electron chi connectivity index (χ3n) is 4.08. The second-order valence-electron chi connectivity index (χ2n) is 6.06. The molecule has 134 valence electrons. The first-order chi connectivity index (χ1) is 12.1. The molecule has 0 aromatic heterocycles. The summed E-state index contributed by atoms with van der Waals surface area (Å²) in [4.78, 5) is 14.6. The molecule has 0 spiro atoms. The molecule has 2 rings (SSSR count). The number of carbonyl (C=O) groups is 1. The summed E-state index contributed by atoms with van der Waals surface area (Å²) < 4.78 is 10.6. The largest absolute Gasteiger partial charge is 0.496 e. The number of rotatable bonds is 8. The van der Waals surface area contributed by atoms with Gasteiger partial charge < -0.3 is 19.7 Å². The van der Waals surface area contributed by atoms with Crippen LogP contribution in [0.5, 0.6) is 5.75 Å². The van der Waals surface area contributed by atoms with Crippen LogP contribution in [0.4, 0.5) is 0 Å². The van der Waals surface area contributed by atoms with E-state index in [9.17, 15) is 4.79 Å². The van der Waals surface area contributed by atoms with Crippen molar-refractivity contribution in [2.24, 2.45) is 0 Å². The molecule has 25 heavy (non-hydrogen) atoms. The monoisotopic (exact) mass is 342 g/mol. The van der Waals surface area contributed by atoms with E-state index < -0.39 is 0 Å². The van der Waals surface area contributed by atoms with Gasteiger partial charge in [-0.25, -0.2) is 0 Å². The Balaban J connectivity index is 2.11. The van der Waals surface area contributed by atoms with Gasteiger partial charge in [0.2, 0.25) is 0 Å². The van der Waals surface area contributed by atoms with Crippen molar-refractivity contribution in [2.75, 3.05) is 34.9 Å². The number of nitrogens with one attached hydrogen (secondary N) is 1. The zero-order valence-corrected chi connectivity index (χ0v) is 15.3. The second-order valence-corrected chi connectivity index (χ2v) is 6.06. The van der Waals surface area contributed by atoms with Gasteiger partial charge in [-0.2, -0.15) is 0 Å². The smallest absolute Gasteiger partial charge is 0.251 e. The first-order valence-electron chi connectivity index (χ1n) is 8.22. The van der Waals surface area contributed by atoms with E-state index in [2.05, 4.69) is 10.2 Å². The second kappa shape index (κ2) is 9.20. The fourth-order valence-electron chi connectivity index (χ4n) is 2.77. The summed E-state index contributed by atoms with van der Waals surface area (Å²) >= 11 is 0. The van der Waals surface area contributed by atoms with E-state index >= 15 is 0 Å². The molecular formula is C20H26N2O3. The van der Waals surface area contributed by atoms with Gasteiger partial charge in [0.1, 0.15) is 5.75 Å². The number of benzene rings is 2. The predicted octanol–water partition coefficient (Wildman–Crippen LogP) is 2.87. The van der Waals surface area contributed by atoms with Crippen LogP contribution in [-0.2, 0) is 11.3 Å². The summed E-state index contributed by atoms with van der Waals surface area (Å²) in [6.45, 7) is 0.976. The minimum Gasteiger partial charge on any atom is -0.496 e. The van der Waals surface area contributed by atoms with Gasteiger partial charge >= 0.3 is 0 Å². The number of ether oxygens (including phenoxy) is 2. The van der Waals surface area contributed by atoms with Gasteiger partial charge in [0.25, 0.3) is 5.91 Å². The van der Waals surface area contributed by atoms with Gasteiger partial charge in [-0.1, -0.05) is 30.3 Å². The maximum atomic E-state index is 12.5. The lowest BCUT2D eigenvalue weighted by Gasteiger charge is -2.26. The number of hydrogen-bond acceptors (Lipinski definition) is 4. The van der Waals surface area contributed by atoms with E-state index in [1.165, 1.54) is 0 Å². The molecular weight excluding hydrogens is 316 g/mol. The first kappa shape index (κ1) is 19.0. The maximum absolute atomic E-state index is 12.5. The van der Waals surface area contributed by atoms with Gasteiger partial charge in [0.15, 0.2) is 0 Å². The Labute approximate surface area is 149 Å². The summed E-state index contributed by atoms with van der Waals surface area (Å²) in [5.41, 5.74) is 2.65. The van der Waals surface area contributed by atoms with Gasteiger partial charge in [-0.15, -0.1) is 0 Å². The van der Waals surface area contributed by atoms with Gasteiger partial charge in [0.05, 0.1) is 19.8 Å². The topological polar surface area (TPSA) is 50.8 Å². The minimum absolute atomic E-state index is 0.0160. The summed E-state index contributed by atoms with van der Waals surface area (Å²) in [5, 5.41) is 3.02. The number of hydrogen-bond donors (Lipinski definition) is 1. The molecule has 0 fully saturated rings. The van der Waals surface area contributed by atoms with Crippen molar-refractivity contribution in [3.05, 3.63) is 65.2 Å². The van der Waals surface area contributed by atoms with Crippen LogP contribution >= 0.6 is 0 Å². The Kier molecular flexibility index (Phi) is 6.98. The molecule has 2 aromatic rings. The fourth-order valence-corrected chi connectivity index (χ4v) is 2.77. The Morgan fingerprint density at radius 2 is 1.88 bits per heavy atom. The molecule has 0 radical (unpaired) electrons. The molecule has 0 saturated heterocycles. The molecule has 0 bridgehead atoms. The highest BCUT2D eigenvalue weighted by Crippen LogP contribution is 2.27. The number of para-hydroxylation sites is 1. The Hall–Kier alpha value is -2.37. The lowest BCUT2D eigenvalue weighted by atomic mass is 10.0. The molecule has 0 aliphatic carbocycles. The molecule has 5 nitrogen and oxygen atoms in total. The van der Waals surface area contributed by atoms with Crippen LogP contribution in [-0.4, -0.2) is 45.7 Å². The fraction of sp³-hybridized carbons (Fsp3) is 0.350. The Morgan fingerprint density at radius 1 is 1.12 bits per heavy atom.